The lowest BCUT2D eigenvalue weighted by Gasteiger charge is -2.31. The van der Waals surface area contributed by atoms with Crippen LogP contribution in [-0.4, -0.2) is 34.1 Å². The maximum atomic E-state index is 11.5. The minimum Gasteiger partial charge on any atom is -0.368 e. The molecule has 0 spiro atoms. The zero-order valence-corrected chi connectivity index (χ0v) is 9.17. The van der Waals surface area contributed by atoms with E-state index >= 15 is 0 Å². The minimum atomic E-state index is -0.422. The maximum absolute atomic E-state index is 11.5. The molecule has 1 fully saturated rings. The van der Waals surface area contributed by atoms with E-state index in [1.165, 1.54) is 6.42 Å². The van der Waals surface area contributed by atoms with Crippen LogP contribution in [0.4, 0.5) is 0 Å². The fraction of sp³-hybridized carbons (Fsp3) is 0.545. The largest absolute Gasteiger partial charge is 0.368 e. The highest BCUT2D eigenvalue weighted by molar-refractivity contribution is 5.80. The van der Waals surface area contributed by atoms with Gasteiger partial charge in [-0.15, -0.1) is 0 Å². The van der Waals surface area contributed by atoms with Crippen molar-refractivity contribution in [2.24, 2.45) is 5.73 Å². The SMILES string of the molecule is NC(=O)C(c1cccnn1)N1CCCCC1. The number of nitrogens with two attached hydrogens (primary N) is 1. The van der Waals surface area contributed by atoms with Crippen LogP contribution in [0.1, 0.15) is 31.0 Å². The Kier molecular flexibility index (Phi) is 3.46. The molecule has 0 aliphatic carbocycles. The quantitative estimate of drug-likeness (QED) is 0.804. The van der Waals surface area contributed by atoms with Crippen molar-refractivity contribution in [3.8, 4) is 0 Å². The summed E-state index contributed by atoms with van der Waals surface area (Å²) in [5.41, 5.74) is 6.10. The van der Waals surface area contributed by atoms with E-state index in [0.29, 0.717) is 5.69 Å². The highest BCUT2D eigenvalue weighted by Crippen LogP contribution is 2.22. The number of rotatable bonds is 3. The number of primary amides is 1. The first-order valence-corrected chi connectivity index (χ1v) is 5.60. The second-order valence-corrected chi connectivity index (χ2v) is 4.05. The predicted octanol–water partition coefficient (Wildman–Crippen LogP) is 0.489. The number of carbonyl (C=O) groups excluding carboxylic acids is 1. The Morgan fingerprint density at radius 2 is 2.12 bits per heavy atom. The lowest BCUT2D eigenvalue weighted by Crippen LogP contribution is -2.41. The Bertz CT molecular complexity index is 348. The average molecular weight is 220 g/mol. The number of carbonyl (C=O) groups is 1. The summed E-state index contributed by atoms with van der Waals surface area (Å²) in [6.45, 7) is 1.81. The molecule has 0 radical (unpaired) electrons. The number of nitrogens with zero attached hydrogens (tertiary/aromatic N) is 3. The third kappa shape index (κ3) is 2.36. The van der Waals surface area contributed by atoms with Crippen molar-refractivity contribution < 1.29 is 4.79 Å². The average Bonchev–Trinajstić information content (AvgIpc) is 2.31. The lowest BCUT2D eigenvalue weighted by atomic mass is 10.1. The maximum Gasteiger partial charge on any atom is 0.241 e. The van der Waals surface area contributed by atoms with Gasteiger partial charge in [-0.25, -0.2) is 0 Å². The summed E-state index contributed by atoms with van der Waals surface area (Å²) < 4.78 is 0. The zero-order valence-electron chi connectivity index (χ0n) is 9.17. The van der Waals surface area contributed by atoms with Crippen molar-refractivity contribution in [1.29, 1.82) is 0 Å². The fourth-order valence-electron chi connectivity index (χ4n) is 2.15. The molecule has 1 atom stereocenters. The van der Waals surface area contributed by atoms with E-state index in [2.05, 4.69) is 15.1 Å². The van der Waals surface area contributed by atoms with E-state index in [-0.39, 0.29) is 5.91 Å². The number of amides is 1. The molecule has 1 saturated heterocycles. The Morgan fingerprint density at radius 3 is 2.69 bits per heavy atom. The van der Waals surface area contributed by atoms with E-state index in [4.69, 9.17) is 5.73 Å². The minimum absolute atomic E-state index is 0.345. The monoisotopic (exact) mass is 220 g/mol. The normalized spacial score (nSPS) is 19.2. The van der Waals surface area contributed by atoms with Gasteiger partial charge in [0.05, 0.1) is 5.69 Å². The van der Waals surface area contributed by atoms with Crippen LogP contribution in [-0.2, 0) is 4.79 Å². The summed E-state index contributed by atoms with van der Waals surface area (Å²) in [5, 5.41) is 7.78. The molecule has 2 heterocycles. The van der Waals surface area contributed by atoms with E-state index in [1.807, 2.05) is 0 Å². The van der Waals surface area contributed by atoms with E-state index in [0.717, 1.165) is 25.9 Å². The van der Waals surface area contributed by atoms with Crippen molar-refractivity contribution in [3.63, 3.8) is 0 Å². The molecule has 5 heteroatoms. The second-order valence-electron chi connectivity index (χ2n) is 4.05. The van der Waals surface area contributed by atoms with E-state index < -0.39 is 6.04 Å². The van der Waals surface area contributed by atoms with Gasteiger partial charge < -0.3 is 5.73 Å². The standard InChI is InChI=1S/C11H16N4O/c12-11(16)10(9-5-4-6-13-14-9)15-7-2-1-3-8-15/h4-6,10H,1-3,7-8H2,(H2,12,16). The summed E-state index contributed by atoms with van der Waals surface area (Å²) in [6.07, 6.45) is 5.05. The Hall–Kier alpha value is -1.49. The number of aromatic nitrogens is 2. The van der Waals surface area contributed by atoms with Gasteiger partial charge in [0, 0.05) is 6.20 Å². The molecule has 86 valence electrons. The molecule has 0 aromatic carbocycles. The molecule has 1 aromatic heterocycles. The van der Waals surface area contributed by atoms with Crippen molar-refractivity contribution in [1.82, 2.24) is 15.1 Å². The Morgan fingerprint density at radius 1 is 1.38 bits per heavy atom. The van der Waals surface area contributed by atoms with Gasteiger partial charge in [0.25, 0.3) is 0 Å². The highest BCUT2D eigenvalue weighted by Gasteiger charge is 2.28. The highest BCUT2D eigenvalue weighted by atomic mass is 16.1. The molecule has 16 heavy (non-hydrogen) atoms. The van der Waals surface area contributed by atoms with Gasteiger partial charge in [0.15, 0.2) is 0 Å². The zero-order chi connectivity index (χ0) is 11.4. The Labute approximate surface area is 94.6 Å². The molecule has 1 amide bonds. The molecular formula is C11H16N4O. The van der Waals surface area contributed by atoms with Crippen LogP contribution in [0.5, 0.6) is 0 Å². The van der Waals surface area contributed by atoms with Gasteiger partial charge in [0.1, 0.15) is 6.04 Å². The number of hydrogen-bond acceptors (Lipinski definition) is 4. The fourth-order valence-corrected chi connectivity index (χ4v) is 2.15. The smallest absolute Gasteiger partial charge is 0.241 e. The third-order valence-corrected chi connectivity index (χ3v) is 2.90. The molecule has 0 bridgehead atoms. The molecular weight excluding hydrogens is 204 g/mol. The van der Waals surface area contributed by atoms with Gasteiger partial charge >= 0.3 is 0 Å². The topological polar surface area (TPSA) is 72.1 Å². The summed E-state index contributed by atoms with van der Waals surface area (Å²) in [7, 11) is 0. The van der Waals surface area contributed by atoms with Crippen LogP contribution < -0.4 is 5.73 Å². The molecule has 1 aliphatic rings. The first kappa shape index (κ1) is 11.0. The Balaban J connectivity index is 2.20. The van der Waals surface area contributed by atoms with Crippen LogP contribution >= 0.6 is 0 Å². The first-order chi connectivity index (χ1) is 7.79. The molecule has 1 unspecified atom stereocenters. The molecule has 1 aliphatic heterocycles. The number of hydrogen-bond donors (Lipinski definition) is 1. The third-order valence-electron chi connectivity index (χ3n) is 2.90. The van der Waals surface area contributed by atoms with E-state index in [1.54, 1.807) is 18.3 Å². The van der Waals surface area contributed by atoms with Crippen molar-refractivity contribution in [3.05, 3.63) is 24.0 Å². The van der Waals surface area contributed by atoms with Gasteiger partial charge in [-0.05, 0) is 38.1 Å². The number of likely N-dealkylation sites (tertiary alicyclic amines) is 1. The lowest BCUT2D eigenvalue weighted by molar-refractivity contribution is -0.124. The molecule has 1 aromatic rings. The van der Waals surface area contributed by atoms with Gasteiger partial charge in [0.2, 0.25) is 5.91 Å². The summed E-state index contributed by atoms with van der Waals surface area (Å²) in [6, 6.07) is 3.16. The number of piperidine rings is 1. The van der Waals surface area contributed by atoms with Gasteiger partial charge in [-0.3, -0.25) is 9.69 Å². The molecule has 0 saturated carbocycles. The summed E-state index contributed by atoms with van der Waals surface area (Å²) in [5.74, 6) is -0.345. The predicted molar refractivity (Wildman–Crippen MR) is 59.4 cm³/mol. The van der Waals surface area contributed by atoms with Crippen LogP contribution in [0, 0.1) is 0 Å². The van der Waals surface area contributed by atoms with Crippen LogP contribution in [0.15, 0.2) is 18.3 Å². The van der Waals surface area contributed by atoms with Crippen molar-refractivity contribution >= 4 is 5.91 Å². The van der Waals surface area contributed by atoms with E-state index in [9.17, 15) is 4.79 Å². The molecule has 5 nitrogen and oxygen atoms in total. The first-order valence-electron chi connectivity index (χ1n) is 5.60. The summed E-state index contributed by atoms with van der Waals surface area (Å²) in [4.78, 5) is 13.6. The van der Waals surface area contributed by atoms with Crippen LogP contribution in [0.25, 0.3) is 0 Å². The van der Waals surface area contributed by atoms with Crippen LogP contribution in [0.2, 0.25) is 0 Å². The van der Waals surface area contributed by atoms with Gasteiger partial charge in [-0.1, -0.05) is 6.42 Å². The molecule has 2 N–H and O–H groups in total. The summed E-state index contributed by atoms with van der Waals surface area (Å²) >= 11 is 0. The van der Waals surface area contributed by atoms with Crippen LogP contribution in [0.3, 0.4) is 0 Å². The second kappa shape index (κ2) is 5.03. The molecule has 2 rings (SSSR count). The van der Waals surface area contributed by atoms with Crippen molar-refractivity contribution in [2.75, 3.05) is 13.1 Å². The van der Waals surface area contributed by atoms with Gasteiger partial charge in [-0.2, -0.15) is 10.2 Å². The van der Waals surface area contributed by atoms with Crippen molar-refractivity contribution in [2.45, 2.75) is 25.3 Å².